The van der Waals surface area contributed by atoms with Crippen LogP contribution in [0.4, 0.5) is 10.5 Å². The van der Waals surface area contributed by atoms with Crippen LogP contribution in [0, 0.1) is 17.0 Å². The van der Waals surface area contributed by atoms with Crippen molar-refractivity contribution < 1.29 is 24.0 Å². The van der Waals surface area contributed by atoms with Crippen LogP contribution in [0.5, 0.6) is 11.5 Å². The summed E-state index contributed by atoms with van der Waals surface area (Å²) in [5, 5.41) is 13.8. The van der Waals surface area contributed by atoms with E-state index in [1.807, 2.05) is 44.2 Å². The number of non-ortho nitro benzene ring substituents is 1. The van der Waals surface area contributed by atoms with Gasteiger partial charge in [0.2, 0.25) is 0 Å². The molecule has 0 atom stereocenters. The summed E-state index contributed by atoms with van der Waals surface area (Å²) in [4.78, 5) is 37.5. The average molecular weight is 528 g/mol. The lowest BCUT2D eigenvalue weighted by Crippen LogP contribution is -2.30. The van der Waals surface area contributed by atoms with Crippen LogP contribution in [0.25, 0.3) is 6.08 Å². The van der Waals surface area contributed by atoms with Crippen molar-refractivity contribution >= 4 is 23.7 Å². The van der Waals surface area contributed by atoms with E-state index in [2.05, 4.69) is 11.9 Å². The number of hydrogen-bond acceptors (Lipinski definition) is 6. The van der Waals surface area contributed by atoms with Gasteiger partial charge in [0.25, 0.3) is 11.6 Å². The Labute approximate surface area is 226 Å². The Kier molecular flexibility index (Phi) is 8.40. The van der Waals surface area contributed by atoms with Crippen molar-refractivity contribution in [3.05, 3.63) is 117 Å². The van der Waals surface area contributed by atoms with E-state index in [1.54, 1.807) is 30.4 Å². The number of urea groups is 1. The van der Waals surface area contributed by atoms with Gasteiger partial charge < -0.3 is 14.8 Å². The van der Waals surface area contributed by atoms with Crippen LogP contribution >= 0.6 is 0 Å². The van der Waals surface area contributed by atoms with Gasteiger partial charge >= 0.3 is 6.03 Å². The van der Waals surface area contributed by atoms with Crippen molar-refractivity contribution in [2.75, 3.05) is 6.61 Å². The van der Waals surface area contributed by atoms with Crippen molar-refractivity contribution in [2.45, 2.75) is 33.4 Å². The Bertz CT molecular complexity index is 1450. The third kappa shape index (κ3) is 6.51. The molecule has 3 amide bonds. The van der Waals surface area contributed by atoms with E-state index in [4.69, 9.17) is 9.47 Å². The average Bonchev–Trinajstić information content (AvgIpc) is 3.17. The number of benzene rings is 3. The molecule has 1 aliphatic heterocycles. The largest absolute Gasteiger partial charge is 0.490 e. The molecule has 200 valence electrons. The molecule has 1 saturated heterocycles. The molecule has 0 bridgehead atoms. The molecule has 1 aliphatic rings. The number of carbonyl (C=O) groups excluding carboxylic acids is 2. The van der Waals surface area contributed by atoms with Crippen LogP contribution in [0.2, 0.25) is 0 Å². The number of carbonyl (C=O) groups is 2. The second-order valence-corrected chi connectivity index (χ2v) is 9.01. The van der Waals surface area contributed by atoms with Gasteiger partial charge in [0.1, 0.15) is 12.3 Å². The number of allylic oxidation sites excluding steroid dienone is 1. The smallest absolute Gasteiger partial charge is 0.329 e. The fourth-order valence-corrected chi connectivity index (χ4v) is 4.17. The number of nitro benzene ring substituents is 1. The maximum absolute atomic E-state index is 13.1. The van der Waals surface area contributed by atoms with E-state index in [0.29, 0.717) is 35.7 Å². The van der Waals surface area contributed by atoms with Gasteiger partial charge in [0, 0.05) is 17.7 Å². The van der Waals surface area contributed by atoms with E-state index < -0.39 is 16.9 Å². The topological polar surface area (TPSA) is 111 Å². The summed E-state index contributed by atoms with van der Waals surface area (Å²) in [5.74, 6) is 0.505. The van der Waals surface area contributed by atoms with Gasteiger partial charge in [-0.3, -0.25) is 19.8 Å². The van der Waals surface area contributed by atoms with Crippen LogP contribution < -0.4 is 14.8 Å². The third-order valence-corrected chi connectivity index (χ3v) is 6.06. The van der Waals surface area contributed by atoms with E-state index in [1.165, 1.54) is 17.0 Å². The van der Waals surface area contributed by atoms with Gasteiger partial charge in [0.15, 0.2) is 11.5 Å². The first kappa shape index (κ1) is 27.1. The molecule has 0 radical (unpaired) electrons. The Morgan fingerprint density at radius 2 is 1.82 bits per heavy atom. The minimum atomic E-state index is -0.486. The summed E-state index contributed by atoms with van der Waals surface area (Å²) in [7, 11) is 0. The van der Waals surface area contributed by atoms with Gasteiger partial charge in [-0.15, -0.1) is 6.58 Å². The number of amides is 3. The predicted octanol–water partition coefficient (Wildman–Crippen LogP) is 5.70. The fourth-order valence-electron chi connectivity index (χ4n) is 4.17. The molecule has 0 spiro atoms. The summed E-state index contributed by atoms with van der Waals surface area (Å²) >= 11 is 0. The first-order chi connectivity index (χ1) is 18.8. The van der Waals surface area contributed by atoms with Crippen molar-refractivity contribution in [3.8, 4) is 11.5 Å². The quantitative estimate of drug-likeness (QED) is 0.113. The molecule has 1 heterocycles. The molecule has 39 heavy (non-hydrogen) atoms. The van der Waals surface area contributed by atoms with Gasteiger partial charge in [0.05, 0.1) is 18.1 Å². The number of hydrogen-bond donors (Lipinski definition) is 1. The number of nitrogens with one attached hydrogen (secondary N) is 1. The Hall–Kier alpha value is -4.92. The number of nitrogens with zero attached hydrogens (tertiary/aromatic N) is 2. The summed E-state index contributed by atoms with van der Waals surface area (Å²) in [5.41, 5.74) is 4.10. The molecule has 3 aromatic rings. The zero-order valence-electron chi connectivity index (χ0n) is 21.8. The highest BCUT2D eigenvalue weighted by atomic mass is 16.6. The maximum Gasteiger partial charge on any atom is 0.329 e. The van der Waals surface area contributed by atoms with Crippen molar-refractivity contribution in [1.29, 1.82) is 0 Å². The van der Waals surface area contributed by atoms with Crippen LogP contribution in [-0.2, 0) is 24.4 Å². The number of rotatable bonds is 11. The standard InChI is InChI=1S/C30H29N3O6/c1-4-7-24-14-23(16-26-29(34)32(30(35)31-26)18-21-12-10-20(3)11-13-21)17-27(38-5-2)28(24)39-19-22-8-6-9-25(15-22)33(36)37/h4,6,8-17H,1,5,7,18-19H2,2-3H3,(H,31,35)/b26-16+. The summed E-state index contributed by atoms with van der Waals surface area (Å²) in [6.07, 6.45) is 3.77. The molecule has 0 unspecified atom stereocenters. The SMILES string of the molecule is C=CCc1cc(/C=C2/NC(=O)N(Cc3ccc(C)cc3)C2=O)cc(OCC)c1OCc1cccc([N+](=O)[O-])c1. The zero-order valence-corrected chi connectivity index (χ0v) is 21.8. The van der Waals surface area contributed by atoms with E-state index in [0.717, 1.165) is 16.7 Å². The molecule has 4 rings (SSSR count). The van der Waals surface area contributed by atoms with E-state index in [9.17, 15) is 19.7 Å². The lowest BCUT2D eigenvalue weighted by atomic mass is 10.0. The van der Waals surface area contributed by atoms with E-state index in [-0.39, 0.29) is 24.5 Å². The van der Waals surface area contributed by atoms with Crippen molar-refractivity contribution in [1.82, 2.24) is 10.2 Å². The Morgan fingerprint density at radius 1 is 1.05 bits per heavy atom. The van der Waals surface area contributed by atoms with E-state index >= 15 is 0 Å². The highest BCUT2D eigenvalue weighted by Gasteiger charge is 2.33. The minimum absolute atomic E-state index is 0.0193. The van der Waals surface area contributed by atoms with Gasteiger partial charge in [-0.1, -0.05) is 48.0 Å². The Balaban J connectivity index is 1.61. The molecular formula is C30H29N3O6. The van der Waals surface area contributed by atoms with Crippen LogP contribution in [0.3, 0.4) is 0 Å². The first-order valence-corrected chi connectivity index (χ1v) is 12.5. The minimum Gasteiger partial charge on any atom is -0.490 e. The van der Waals surface area contributed by atoms with Crippen LogP contribution in [0.15, 0.2) is 79.0 Å². The van der Waals surface area contributed by atoms with Gasteiger partial charge in [-0.05, 0) is 55.2 Å². The van der Waals surface area contributed by atoms with Crippen molar-refractivity contribution in [2.24, 2.45) is 0 Å². The fraction of sp³-hybridized carbons (Fsp3) is 0.200. The Morgan fingerprint density at radius 3 is 2.51 bits per heavy atom. The number of aryl methyl sites for hydroxylation is 1. The third-order valence-electron chi connectivity index (χ3n) is 6.06. The molecule has 9 heteroatoms. The number of nitro groups is 1. The number of imide groups is 1. The summed E-state index contributed by atoms with van der Waals surface area (Å²) < 4.78 is 11.9. The van der Waals surface area contributed by atoms with Crippen molar-refractivity contribution in [3.63, 3.8) is 0 Å². The second-order valence-electron chi connectivity index (χ2n) is 9.01. The first-order valence-electron chi connectivity index (χ1n) is 12.5. The van der Waals surface area contributed by atoms with Crippen LogP contribution in [-0.4, -0.2) is 28.4 Å². The summed E-state index contributed by atoms with van der Waals surface area (Å²) in [6.45, 7) is 8.26. The summed E-state index contributed by atoms with van der Waals surface area (Å²) in [6, 6.07) is 17.0. The molecule has 9 nitrogen and oxygen atoms in total. The molecule has 1 fully saturated rings. The highest BCUT2D eigenvalue weighted by Crippen LogP contribution is 2.35. The second kappa shape index (κ2) is 12.1. The van der Waals surface area contributed by atoms with Crippen LogP contribution in [0.1, 0.15) is 34.7 Å². The molecule has 0 aromatic heterocycles. The zero-order chi connectivity index (χ0) is 27.9. The molecule has 3 aromatic carbocycles. The number of ether oxygens (including phenoxy) is 2. The monoisotopic (exact) mass is 527 g/mol. The molecule has 0 saturated carbocycles. The predicted molar refractivity (Wildman–Crippen MR) is 147 cm³/mol. The molecule has 0 aliphatic carbocycles. The van der Waals surface area contributed by atoms with Gasteiger partial charge in [-0.2, -0.15) is 0 Å². The lowest BCUT2D eigenvalue weighted by molar-refractivity contribution is -0.384. The molecular weight excluding hydrogens is 498 g/mol. The normalized spacial score (nSPS) is 13.9. The van der Waals surface area contributed by atoms with Gasteiger partial charge in [-0.25, -0.2) is 4.79 Å². The maximum atomic E-state index is 13.1. The lowest BCUT2D eigenvalue weighted by Gasteiger charge is -2.17. The molecule has 1 N–H and O–H groups in total. The highest BCUT2D eigenvalue weighted by molar-refractivity contribution is 6.13.